The Labute approximate surface area is 63.8 Å². The second-order valence-electron chi connectivity index (χ2n) is 3.90. The van der Waals surface area contributed by atoms with Crippen molar-refractivity contribution in [2.24, 2.45) is 11.3 Å². The van der Waals surface area contributed by atoms with Crippen LogP contribution in [-0.4, -0.2) is 6.29 Å². The first-order chi connectivity index (χ1) is 4.52. The van der Waals surface area contributed by atoms with E-state index in [0.29, 0.717) is 0 Å². The standard InChI is InChI=1S/C9H18O/c1-5-6-8(7-10)9(2,3)4/h7-8H,5-6H2,1-4H3. The van der Waals surface area contributed by atoms with E-state index >= 15 is 0 Å². The van der Waals surface area contributed by atoms with Crippen molar-refractivity contribution in [2.75, 3.05) is 0 Å². The molecule has 0 aliphatic rings. The van der Waals surface area contributed by atoms with E-state index in [9.17, 15) is 4.79 Å². The van der Waals surface area contributed by atoms with Crippen molar-refractivity contribution in [3.63, 3.8) is 0 Å². The average molecular weight is 142 g/mol. The van der Waals surface area contributed by atoms with Crippen LogP contribution in [0.2, 0.25) is 0 Å². The van der Waals surface area contributed by atoms with Gasteiger partial charge in [0.15, 0.2) is 0 Å². The Kier molecular flexibility index (Phi) is 3.62. The summed E-state index contributed by atoms with van der Waals surface area (Å²) in [4.78, 5) is 10.5. The normalized spacial score (nSPS) is 14.8. The Morgan fingerprint density at radius 2 is 1.90 bits per heavy atom. The minimum atomic E-state index is 0.151. The molecule has 0 spiro atoms. The van der Waals surface area contributed by atoms with Gasteiger partial charge in [-0.15, -0.1) is 0 Å². The predicted octanol–water partition coefficient (Wildman–Crippen LogP) is 2.65. The number of carbonyl (C=O) groups is 1. The molecule has 1 nitrogen and oxygen atoms in total. The Bertz CT molecular complexity index is 99.8. The fourth-order valence-electron chi connectivity index (χ4n) is 1.02. The molecule has 0 aliphatic carbocycles. The number of aldehydes is 1. The second-order valence-corrected chi connectivity index (χ2v) is 3.90. The summed E-state index contributed by atoms with van der Waals surface area (Å²) in [7, 11) is 0. The Balaban J connectivity index is 3.93. The third kappa shape index (κ3) is 3.00. The first-order valence-corrected chi connectivity index (χ1v) is 3.97. The molecule has 0 heterocycles. The third-order valence-electron chi connectivity index (χ3n) is 1.88. The monoisotopic (exact) mass is 142 g/mol. The van der Waals surface area contributed by atoms with Gasteiger partial charge in [-0.05, 0) is 11.8 Å². The highest BCUT2D eigenvalue weighted by Gasteiger charge is 2.22. The van der Waals surface area contributed by atoms with Crippen molar-refractivity contribution >= 4 is 6.29 Å². The summed E-state index contributed by atoms with van der Waals surface area (Å²) in [5.74, 6) is 0.234. The molecule has 0 aromatic heterocycles. The lowest BCUT2D eigenvalue weighted by Crippen LogP contribution is -2.21. The van der Waals surface area contributed by atoms with Crippen LogP contribution in [0.1, 0.15) is 40.5 Å². The minimum absolute atomic E-state index is 0.151. The van der Waals surface area contributed by atoms with E-state index in [1.165, 1.54) is 0 Å². The van der Waals surface area contributed by atoms with Crippen molar-refractivity contribution in [1.82, 2.24) is 0 Å². The van der Waals surface area contributed by atoms with Crippen LogP contribution in [-0.2, 0) is 4.79 Å². The first kappa shape index (κ1) is 9.67. The summed E-state index contributed by atoms with van der Waals surface area (Å²) in [6.45, 7) is 8.45. The molecular weight excluding hydrogens is 124 g/mol. The lowest BCUT2D eigenvalue weighted by Gasteiger charge is -2.25. The largest absolute Gasteiger partial charge is 0.303 e. The molecule has 1 unspecified atom stereocenters. The van der Waals surface area contributed by atoms with Crippen LogP contribution < -0.4 is 0 Å². The molecule has 0 aliphatic heterocycles. The molecule has 0 fully saturated rings. The molecule has 0 radical (unpaired) electrons. The molecule has 0 saturated carbocycles. The molecule has 0 aromatic carbocycles. The highest BCUT2D eigenvalue weighted by molar-refractivity contribution is 5.54. The van der Waals surface area contributed by atoms with Crippen molar-refractivity contribution < 1.29 is 4.79 Å². The van der Waals surface area contributed by atoms with E-state index in [2.05, 4.69) is 27.7 Å². The van der Waals surface area contributed by atoms with Gasteiger partial charge < -0.3 is 4.79 Å². The van der Waals surface area contributed by atoms with Crippen LogP contribution in [0.3, 0.4) is 0 Å². The van der Waals surface area contributed by atoms with Crippen LogP contribution in [0.15, 0.2) is 0 Å². The Morgan fingerprint density at radius 3 is 2.00 bits per heavy atom. The molecule has 10 heavy (non-hydrogen) atoms. The summed E-state index contributed by atoms with van der Waals surface area (Å²) >= 11 is 0. The third-order valence-corrected chi connectivity index (χ3v) is 1.88. The minimum Gasteiger partial charge on any atom is -0.303 e. The van der Waals surface area contributed by atoms with E-state index < -0.39 is 0 Å². The van der Waals surface area contributed by atoms with Gasteiger partial charge in [0, 0.05) is 5.92 Å². The van der Waals surface area contributed by atoms with Crippen molar-refractivity contribution in [3.05, 3.63) is 0 Å². The zero-order chi connectivity index (χ0) is 8.20. The van der Waals surface area contributed by atoms with Crippen LogP contribution in [0.25, 0.3) is 0 Å². The molecule has 0 rings (SSSR count). The van der Waals surface area contributed by atoms with Gasteiger partial charge in [0.2, 0.25) is 0 Å². The lowest BCUT2D eigenvalue weighted by atomic mass is 9.79. The average Bonchev–Trinajstić information content (AvgIpc) is 1.80. The second kappa shape index (κ2) is 3.75. The molecule has 0 N–H and O–H groups in total. The molecule has 0 amide bonds. The van der Waals surface area contributed by atoms with Gasteiger partial charge in [0.05, 0.1) is 0 Å². The molecule has 1 heteroatoms. The zero-order valence-corrected chi connectivity index (χ0v) is 7.48. The van der Waals surface area contributed by atoms with E-state index in [1.807, 2.05) is 0 Å². The summed E-state index contributed by atoms with van der Waals surface area (Å²) in [6, 6.07) is 0. The SMILES string of the molecule is CCCC(C=O)C(C)(C)C. The van der Waals surface area contributed by atoms with Crippen LogP contribution in [0.5, 0.6) is 0 Å². The molecule has 0 bridgehead atoms. The smallest absolute Gasteiger partial charge is 0.123 e. The highest BCUT2D eigenvalue weighted by atomic mass is 16.1. The summed E-state index contributed by atoms with van der Waals surface area (Å²) in [5.41, 5.74) is 0.151. The molecule has 0 saturated heterocycles. The van der Waals surface area contributed by atoms with Crippen molar-refractivity contribution in [2.45, 2.75) is 40.5 Å². The van der Waals surface area contributed by atoms with Crippen LogP contribution in [0, 0.1) is 11.3 Å². The lowest BCUT2D eigenvalue weighted by molar-refractivity contribution is -0.114. The number of hydrogen-bond acceptors (Lipinski definition) is 1. The van der Waals surface area contributed by atoms with Gasteiger partial charge in [-0.2, -0.15) is 0 Å². The van der Waals surface area contributed by atoms with Gasteiger partial charge in [0.25, 0.3) is 0 Å². The number of rotatable bonds is 3. The fourth-order valence-corrected chi connectivity index (χ4v) is 1.02. The van der Waals surface area contributed by atoms with E-state index in [4.69, 9.17) is 0 Å². The topological polar surface area (TPSA) is 17.1 Å². The first-order valence-electron chi connectivity index (χ1n) is 3.97. The van der Waals surface area contributed by atoms with Gasteiger partial charge in [-0.1, -0.05) is 34.1 Å². The van der Waals surface area contributed by atoms with E-state index in [1.54, 1.807) is 0 Å². The van der Waals surface area contributed by atoms with Gasteiger partial charge in [-0.25, -0.2) is 0 Å². The van der Waals surface area contributed by atoms with Crippen molar-refractivity contribution in [3.8, 4) is 0 Å². The molecular formula is C9H18O. The maximum absolute atomic E-state index is 10.5. The van der Waals surface area contributed by atoms with Gasteiger partial charge >= 0.3 is 0 Å². The number of hydrogen-bond donors (Lipinski definition) is 0. The summed E-state index contributed by atoms with van der Waals surface area (Å²) in [5, 5.41) is 0. The fraction of sp³-hybridized carbons (Fsp3) is 0.889. The molecule has 60 valence electrons. The van der Waals surface area contributed by atoms with Crippen LogP contribution >= 0.6 is 0 Å². The zero-order valence-electron chi connectivity index (χ0n) is 7.48. The summed E-state index contributed by atoms with van der Waals surface area (Å²) < 4.78 is 0. The summed E-state index contributed by atoms with van der Waals surface area (Å²) in [6.07, 6.45) is 3.21. The van der Waals surface area contributed by atoms with E-state index in [0.717, 1.165) is 19.1 Å². The maximum Gasteiger partial charge on any atom is 0.123 e. The van der Waals surface area contributed by atoms with Crippen LogP contribution in [0.4, 0.5) is 0 Å². The maximum atomic E-state index is 10.5. The van der Waals surface area contributed by atoms with Gasteiger partial charge in [0.1, 0.15) is 6.29 Å². The predicted molar refractivity (Wildman–Crippen MR) is 43.9 cm³/mol. The Morgan fingerprint density at radius 1 is 1.40 bits per heavy atom. The molecule has 1 atom stereocenters. The van der Waals surface area contributed by atoms with E-state index in [-0.39, 0.29) is 11.3 Å². The molecule has 0 aromatic rings. The van der Waals surface area contributed by atoms with Crippen molar-refractivity contribution in [1.29, 1.82) is 0 Å². The Hall–Kier alpha value is -0.330. The van der Waals surface area contributed by atoms with Gasteiger partial charge in [-0.3, -0.25) is 0 Å². The number of carbonyl (C=O) groups excluding carboxylic acids is 1. The highest BCUT2D eigenvalue weighted by Crippen LogP contribution is 2.27. The quantitative estimate of drug-likeness (QED) is 0.554.